The van der Waals surface area contributed by atoms with Gasteiger partial charge in [-0.15, -0.1) is 0 Å². The van der Waals surface area contributed by atoms with E-state index in [0.29, 0.717) is 5.56 Å². The van der Waals surface area contributed by atoms with E-state index in [9.17, 15) is 9.90 Å². The predicted octanol–water partition coefficient (Wildman–Crippen LogP) is 1.30. The Labute approximate surface area is 94.8 Å². The molecule has 0 fully saturated rings. The summed E-state index contributed by atoms with van der Waals surface area (Å²) in [6.45, 7) is 6.03. The highest BCUT2D eigenvalue weighted by Crippen LogP contribution is 2.28. The van der Waals surface area contributed by atoms with Crippen molar-refractivity contribution >= 4 is 5.97 Å². The van der Waals surface area contributed by atoms with Gasteiger partial charge in [-0.2, -0.15) is 5.10 Å². The predicted molar refractivity (Wildman–Crippen MR) is 58.9 cm³/mol. The van der Waals surface area contributed by atoms with Gasteiger partial charge in [0, 0.05) is 16.7 Å². The first-order chi connectivity index (χ1) is 7.36. The largest absolute Gasteiger partial charge is 0.469 e. The molecule has 16 heavy (non-hydrogen) atoms. The van der Waals surface area contributed by atoms with Gasteiger partial charge in [0.2, 0.25) is 0 Å². The summed E-state index contributed by atoms with van der Waals surface area (Å²) in [5.74, 6) is -0.437. The monoisotopic (exact) mass is 226 g/mol. The Hall–Kier alpha value is -1.36. The molecule has 0 aliphatic heterocycles. The number of hydrogen-bond donors (Lipinski definition) is 2. The third-order valence-corrected chi connectivity index (χ3v) is 2.37. The summed E-state index contributed by atoms with van der Waals surface area (Å²) < 4.78 is 4.51. The van der Waals surface area contributed by atoms with Crippen molar-refractivity contribution in [3.63, 3.8) is 0 Å². The molecule has 0 saturated heterocycles. The summed E-state index contributed by atoms with van der Waals surface area (Å²) in [7, 11) is 1.30. The molecule has 0 radical (unpaired) electrons. The average Bonchev–Trinajstić information content (AvgIpc) is 2.65. The van der Waals surface area contributed by atoms with Gasteiger partial charge in [0.25, 0.3) is 0 Å². The number of carbonyl (C=O) groups is 1. The van der Waals surface area contributed by atoms with Crippen molar-refractivity contribution in [3.8, 4) is 0 Å². The number of carbonyl (C=O) groups excluding carboxylic acids is 1. The van der Waals surface area contributed by atoms with Gasteiger partial charge in [-0.05, 0) is 0 Å². The number of aromatic nitrogens is 2. The van der Waals surface area contributed by atoms with Crippen LogP contribution in [0.5, 0.6) is 0 Å². The maximum absolute atomic E-state index is 11.1. The zero-order chi connectivity index (χ0) is 12.3. The average molecular weight is 226 g/mol. The van der Waals surface area contributed by atoms with Crippen LogP contribution in [0.3, 0.4) is 0 Å². The van der Waals surface area contributed by atoms with E-state index in [0.717, 1.165) is 5.69 Å². The number of H-pyrrole nitrogens is 1. The minimum Gasteiger partial charge on any atom is -0.469 e. The molecule has 1 rings (SSSR count). The van der Waals surface area contributed by atoms with E-state index >= 15 is 0 Å². The van der Waals surface area contributed by atoms with Gasteiger partial charge in [-0.1, -0.05) is 20.8 Å². The number of aromatic amines is 1. The van der Waals surface area contributed by atoms with Crippen molar-refractivity contribution in [2.45, 2.75) is 38.7 Å². The Bertz CT molecular complexity index is 366. The van der Waals surface area contributed by atoms with Crippen LogP contribution in [0, 0.1) is 0 Å². The molecule has 1 atom stereocenters. The third-order valence-electron chi connectivity index (χ3n) is 2.37. The Balaban J connectivity index is 2.88. The van der Waals surface area contributed by atoms with E-state index in [4.69, 9.17) is 0 Å². The molecule has 5 heteroatoms. The first-order valence-corrected chi connectivity index (χ1v) is 5.15. The second kappa shape index (κ2) is 4.65. The highest BCUT2D eigenvalue weighted by molar-refractivity contribution is 5.70. The van der Waals surface area contributed by atoms with Gasteiger partial charge in [0.05, 0.1) is 25.8 Å². The van der Waals surface area contributed by atoms with Gasteiger partial charge in [-0.3, -0.25) is 9.89 Å². The molecule has 1 heterocycles. The second-order valence-electron chi connectivity index (χ2n) is 4.75. The highest BCUT2D eigenvalue weighted by Gasteiger charge is 2.25. The fourth-order valence-corrected chi connectivity index (χ4v) is 1.50. The zero-order valence-electron chi connectivity index (χ0n) is 10.1. The molecule has 0 aliphatic rings. The molecule has 0 spiro atoms. The van der Waals surface area contributed by atoms with Crippen molar-refractivity contribution in [3.05, 3.63) is 17.5 Å². The lowest BCUT2D eigenvalue weighted by Gasteiger charge is -2.20. The molecule has 0 amide bonds. The topological polar surface area (TPSA) is 75.2 Å². The summed E-state index contributed by atoms with van der Waals surface area (Å²) in [5, 5.41) is 16.7. The van der Waals surface area contributed by atoms with Crippen LogP contribution >= 0.6 is 0 Å². The molecule has 2 N–H and O–H groups in total. The molecule has 90 valence electrons. The van der Waals surface area contributed by atoms with Gasteiger partial charge in [0.1, 0.15) is 0 Å². The normalized spacial score (nSPS) is 13.6. The van der Waals surface area contributed by atoms with Crippen molar-refractivity contribution in [2.24, 2.45) is 0 Å². The number of methoxy groups -OCH3 is 1. The van der Waals surface area contributed by atoms with E-state index in [2.05, 4.69) is 14.9 Å². The molecule has 0 unspecified atom stereocenters. The maximum Gasteiger partial charge on any atom is 0.308 e. The van der Waals surface area contributed by atoms with E-state index in [-0.39, 0.29) is 11.8 Å². The number of hydrogen-bond acceptors (Lipinski definition) is 4. The first kappa shape index (κ1) is 12.7. The number of aliphatic hydroxyl groups excluding tert-OH is 1. The smallest absolute Gasteiger partial charge is 0.308 e. The van der Waals surface area contributed by atoms with Crippen molar-refractivity contribution in [2.75, 3.05) is 7.11 Å². The maximum atomic E-state index is 11.1. The zero-order valence-corrected chi connectivity index (χ0v) is 10.1. The number of aliphatic hydroxyl groups is 1. The molecule has 0 aromatic carbocycles. The standard InChI is InChI=1S/C11H18N2O3/c1-11(2,3)10-7(6-12-13-10)8(14)5-9(15)16-4/h6,8,14H,5H2,1-4H3,(H,12,13)/t8-/m0/s1. The molecule has 0 bridgehead atoms. The number of nitrogens with one attached hydrogen (secondary N) is 1. The quantitative estimate of drug-likeness (QED) is 0.762. The van der Waals surface area contributed by atoms with Crippen LogP contribution in [0.15, 0.2) is 6.20 Å². The summed E-state index contributed by atoms with van der Waals surface area (Å²) >= 11 is 0. The van der Waals surface area contributed by atoms with Crippen LogP contribution in [0.25, 0.3) is 0 Å². The summed E-state index contributed by atoms with van der Waals surface area (Å²) in [5.41, 5.74) is 1.34. The number of nitrogens with zero attached hydrogens (tertiary/aromatic N) is 1. The lowest BCUT2D eigenvalue weighted by Crippen LogP contribution is -2.17. The van der Waals surface area contributed by atoms with Crippen LogP contribution in [0.1, 0.15) is 44.6 Å². The molecule has 5 nitrogen and oxygen atoms in total. The molecule has 0 aliphatic carbocycles. The Morgan fingerprint density at radius 1 is 1.62 bits per heavy atom. The summed E-state index contributed by atoms with van der Waals surface area (Å²) in [6, 6.07) is 0. The molecule has 0 saturated carbocycles. The van der Waals surface area contributed by atoms with Crippen LogP contribution in [0.2, 0.25) is 0 Å². The first-order valence-electron chi connectivity index (χ1n) is 5.15. The van der Waals surface area contributed by atoms with Crippen molar-refractivity contribution in [1.29, 1.82) is 0 Å². The number of esters is 1. The Morgan fingerprint density at radius 3 is 2.75 bits per heavy atom. The number of ether oxygens (including phenoxy) is 1. The highest BCUT2D eigenvalue weighted by atomic mass is 16.5. The van der Waals surface area contributed by atoms with Crippen molar-refractivity contribution in [1.82, 2.24) is 10.2 Å². The minimum absolute atomic E-state index is 0.0564. The lowest BCUT2D eigenvalue weighted by molar-refractivity contribution is -0.142. The molecular formula is C11H18N2O3. The van der Waals surface area contributed by atoms with Gasteiger partial charge in [0.15, 0.2) is 0 Å². The molecular weight excluding hydrogens is 208 g/mol. The van der Waals surface area contributed by atoms with Crippen LogP contribution in [-0.4, -0.2) is 28.4 Å². The Morgan fingerprint density at radius 2 is 2.25 bits per heavy atom. The van der Waals surface area contributed by atoms with E-state index in [1.54, 1.807) is 6.20 Å². The van der Waals surface area contributed by atoms with Gasteiger partial charge >= 0.3 is 5.97 Å². The molecule has 1 aromatic rings. The van der Waals surface area contributed by atoms with E-state index in [1.807, 2.05) is 20.8 Å². The second-order valence-corrected chi connectivity index (χ2v) is 4.75. The molecule has 1 aromatic heterocycles. The van der Waals surface area contributed by atoms with Crippen LogP contribution < -0.4 is 0 Å². The number of rotatable bonds is 3. The summed E-state index contributed by atoms with van der Waals surface area (Å²) in [6.07, 6.45) is 0.619. The summed E-state index contributed by atoms with van der Waals surface area (Å²) in [4.78, 5) is 11.1. The van der Waals surface area contributed by atoms with Crippen LogP contribution in [-0.2, 0) is 14.9 Å². The third kappa shape index (κ3) is 2.82. The van der Waals surface area contributed by atoms with Gasteiger partial charge < -0.3 is 9.84 Å². The fraction of sp³-hybridized carbons (Fsp3) is 0.636. The Kier molecular flexibility index (Phi) is 3.70. The minimum atomic E-state index is -0.875. The van der Waals surface area contributed by atoms with Gasteiger partial charge in [-0.25, -0.2) is 0 Å². The van der Waals surface area contributed by atoms with Crippen molar-refractivity contribution < 1.29 is 14.6 Å². The van der Waals surface area contributed by atoms with E-state index in [1.165, 1.54) is 7.11 Å². The fourth-order valence-electron chi connectivity index (χ4n) is 1.50. The van der Waals surface area contributed by atoms with Crippen LogP contribution in [0.4, 0.5) is 0 Å². The SMILES string of the molecule is COC(=O)C[C@H](O)c1cn[nH]c1C(C)(C)C. The lowest BCUT2D eigenvalue weighted by atomic mass is 9.87. The van der Waals surface area contributed by atoms with E-state index < -0.39 is 12.1 Å².